The molecule has 0 saturated heterocycles. The number of hydrogen-bond donors (Lipinski definition) is 0. The summed E-state index contributed by atoms with van der Waals surface area (Å²) < 4.78 is 26.5. The average molecular weight is 678 g/mol. The standard InChI is InChI=1S/C35H33FINO4/c1-2-41-31-19-24(18-26(37)35(31)42-21-23-14-16-25(36)17-15-23)32-33-27(10-6-12-29(33)39)38(20-22-8-4-3-5-9-22)28-11-7-13-30(40)34(28)32/h3-5,8-9,14-19,32H,2,6-7,10-13,20-21H2,1H3. The summed E-state index contributed by atoms with van der Waals surface area (Å²) in [6.45, 7) is 3.25. The molecular weight excluding hydrogens is 644 g/mol. The van der Waals surface area contributed by atoms with Gasteiger partial charge < -0.3 is 14.4 Å². The number of ether oxygens (including phenoxy) is 2. The van der Waals surface area contributed by atoms with Gasteiger partial charge in [0.05, 0.1) is 10.2 Å². The highest BCUT2D eigenvalue weighted by Gasteiger charge is 2.43. The Morgan fingerprint density at radius 2 is 1.48 bits per heavy atom. The molecule has 2 aliphatic carbocycles. The van der Waals surface area contributed by atoms with Crippen LogP contribution in [-0.2, 0) is 22.7 Å². The second kappa shape index (κ2) is 12.4. The van der Waals surface area contributed by atoms with Crippen molar-refractivity contribution >= 4 is 34.2 Å². The zero-order valence-corrected chi connectivity index (χ0v) is 25.8. The van der Waals surface area contributed by atoms with Gasteiger partial charge in [0, 0.05) is 47.8 Å². The first-order chi connectivity index (χ1) is 20.4. The maximum absolute atomic E-state index is 13.7. The van der Waals surface area contributed by atoms with E-state index in [2.05, 4.69) is 39.6 Å². The van der Waals surface area contributed by atoms with Gasteiger partial charge >= 0.3 is 0 Å². The summed E-state index contributed by atoms with van der Waals surface area (Å²) in [5.41, 5.74) is 6.49. The van der Waals surface area contributed by atoms with Crippen LogP contribution in [0.4, 0.5) is 4.39 Å². The number of carbonyl (C=O) groups is 2. The minimum atomic E-state index is -0.429. The molecule has 3 aromatic carbocycles. The molecule has 0 atom stereocenters. The third-order valence-corrected chi connectivity index (χ3v) is 9.03. The van der Waals surface area contributed by atoms with Gasteiger partial charge in [0.15, 0.2) is 23.1 Å². The number of benzene rings is 3. The number of allylic oxidation sites excluding steroid dienone is 4. The molecule has 0 amide bonds. The first kappa shape index (κ1) is 28.6. The van der Waals surface area contributed by atoms with Gasteiger partial charge in [-0.15, -0.1) is 0 Å². The Labute approximate surface area is 259 Å². The Morgan fingerprint density at radius 1 is 0.833 bits per heavy atom. The van der Waals surface area contributed by atoms with Crippen molar-refractivity contribution in [1.29, 1.82) is 0 Å². The SMILES string of the molecule is CCOc1cc(C2C3=C(CCCC3=O)N(Cc3ccccc3)C3=C2C(=O)CCC3)cc(I)c1OCc1ccc(F)cc1. The maximum atomic E-state index is 13.7. The molecule has 1 aliphatic heterocycles. The molecule has 0 saturated carbocycles. The largest absolute Gasteiger partial charge is 0.490 e. The summed E-state index contributed by atoms with van der Waals surface area (Å²) in [5, 5.41) is 0. The van der Waals surface area contributed by atoms with Crippen molar-refractivity contribution in [2.75, 3.05) is 6.61 Å². The zero-order valence-electron chi connectivity index (χ0n) is 23.6. The quantitative estimate of drug-likeness (QED) is 0.226. The van der Waals surface area contributed by atoms with E-state index in [0.717, 1.165) is 68.5 Å². The lowest BCUT2D eigenvalue weighted by atomic mass is 9.71. The van der Waals surface area contributed by atoms with E-state index < -0.39 is 5.92 Å². The van der Waals surface area contributed by atoms with Crippen molar-refractivity contribution < 1.29 is 23.5 Å². The molecule has 0 fully saturated rings. The molecule has 5 nitrogen and oxygen atoms in total. The lowest BCUT2D eigenvalue weighted by Gasteiger charge is -2.44. The predicted molar refractivity (Wildman–Crippen MR) is 168 cm³/mol. The Kier molecular flexibility index (Phi) is 8.47. The highest BCUT2D eigenvalue weighted by Crippen LogP contribution is 2.51. The first-order valence-electron chi connectivity index (χ1n) is 14.6. The number of nitrogens with zero attached hydrogens (tertiary/aromatic N) is 1. The number of carbonyl (C=O) groups excluding carboxylic acids is 2. The lowest BCUT2D eigenvalue weighted by molar-refractivity contribution is -0.117. The summed E-state index contributed by atoms with van der Waals surface area (Å²) >= 11 is 2.24. The van der Waals surface area contributed by atoms with Crippen LogP contribution in [0, 0.1) is 9.39 Å². The average Bonchev–Trinajstić information content (AvgIpc) is 2.99. The van der Waals surface area contributed by atoms with Gasteiger partial charge in [0.1, 0.15) is 12.4 Å². The smallest absolute Gasteiger partial charge is 0.174 e. The van der Waals surface area contributed by atoms with Gasteiger partial charge in [-0.3, -0.25) is 9.59 Å². The van der Waals surface area contributed by atoms with E-state index in [1.54, 1.807) is 12.1 Å². The van der Waals surface area contributed by atoms with E-state index in [-0.39, 0.29) is 24.0 Å². The van der Waals surface area contributed by atoms with Gasteiger partial charge in [-0.05, 0) is 96.2 Å². The van der Waals surface area contributed by atoms with Gasteiger partial charge in [0.25, 0.3) is 0 Å². The van der Waals surface area contributed by atoms with Crippen LogP contribution in [0.2, 0.25) is 0 Å². The number of Topliss-reactive ketones (excluding diaryl/α,β-unsaturated/α-hetero) is 2. The molecule has 0 N–H and O–H groups in total. The highest BCUT2D eigenvalue weighted by molar-refractivity contribution is 14.1. The maximum Gasteiger partial charge on any atom is 0.174 e. The monoisotopic (exact) mass is 677 g/mol. The van der Waals surface area contributed by atoms with Crippen LogP contribution in [0.1, 0.15) is 68.1 Å². The summed E-state index contributed by atoms with van der Waals surface area (Å²) in [7, 11) is 0. The molecule has 6 rings (SSSR count). The van der Waals surface area contributed by atoms with Crippen LogP contribution in [0.25, 0.3) is 0 Å². The van der Waals surface area contributed by atoms with Crippen molar-refractivity contribution in [2.24, 2.45) is 0 Å². The van der Waals surface area contributed by atoms with E-state index in [1.165, 1.54) is 12.1 Å². The molecule has 0 bridgehead atoms. The van der Waals surface area contributed by atoms with Crippen LogP contribution in [0.3, 0.4) is 0 Å². The molecule has 3 aromatic rings. The molecule has 0 radical (unpaired) electrons. The van der Waals surface area contributed by atoms with E-state index in [4.69, 9.17) is 9.47 Å². The number of rotatable bonds is 8. The fraction of sp³-hybridized carbons (Fsp3) is 0.314. The predicted octanol–water partition coefficient (Wildman–Crippen LogP) is 8.02. The van der Waals surface area contributed by atoms with Crippen LogP contribution >= 0.6 is 22.6 Å². The summed E-state index contributed by atoms with van der Waals surface area (Å²) in [4.78, 5) is 29.7. The van der Waals surface area contributed by atoms with Crippen LogP contribution in [-0.4, -0.2) is 23.1 Å². The number of hydrogen-bond acceptors (Lipinski definition) is 5. The van der Waals surface area contributed by atoms with Gasteiger partial charge in [0.2, 0.25) is 0 Å². The Hall–Kier alpha value is -3.46. The molecule has 3 aliphatic rings. The normalized spacial score (nSPS) is 17.4. The van der Waals surface area contributed by atoms with Crippen molar-refractivity contribution in [3.05, 3.63) is 115 Å². The third kappa shape index (κ3) is 5.63. The van der Waals surface area contributed by atoms with E-state index in [1.807, 2.05) is 37.3 Å². The van der Waals surface area contributed by atoms with Crippen molar-refractivity contribution in [2.45, 2.75) is 64.5 Å². The van der Waals surface area contributed by atoms with Gasteiger partial charge in [-0.1, -0.05) is 42.5 Å². The van der Waals surface area contributed by atoms with E-state index in [9.17, 15) is 14.0 Å². The highest BCUT2D eigenvalue weighted by atomic mass is 127. The number of halogens is 2. The van der Waals surface area contributed by atoms with Crippen LogP contribution in [0.15, 0.2) is 89.3 Å². The van der Waals surface area contributed by atoms with Gasteiger partial charge in [-0.2, -0.15) is 0 Å². The second-order valence-corrected chi connectivity index (χ2v) is 12.1. The minimum Gasteiger partial charge on any atom is -0.490 e. The molecule has 7 heteroatoms. The van der Waals surface area contributed by atoms with E-state index in [0.29, 0.717) is 37.5 Å². The molecule has 216 valence electrons. The van der Waals surface area contributed by atoms with Crippen LogP contribution in [0.5, 0.6) is 11.5 Å². The third-order valence-electron chi connectivity index (χ3n) is 8.23. The Balaban J connectivity index is 1.45. The van der Waals surface area contributed by atoms with Crippen molar-refractivity contribution in [3.8, 4) is 11.5 Å². The van der Waals surface area contributed by atoms with E-state index >= 15 is 0 Å². The Bertz CT molecular complexity index is 1530. The second-order valence-electron chi connectivity index (χ2n) is 11.0. The Morgan fingerprint density at radius 3 is 2.10 bits per heavy atom. The molecule has 42 heavy (non-hydrogen) atoms. The molecule has 0 spiro atoms. The summed E-state index contributed by atoms with van der Waals surface area (Å²) in [6.07, 6.45) is 4.21. The molecule has 0 unspecified atom stereocenters. The van der Waals surface area contributed by atoms with Crippen LogP contribution < -0.4 is 9.47 Å². The molecule has 1 heterocycles. The van der Waals surface area contributed by atoms with Gasteiger partial charge in [-0.25, -0.2) is 4.39 Å². The number of ketones is 2. The van der Waals surface area contributed by atoms with Crippen molar-refractivity contribution in [1.82, 2.24) is 4.90 Å². The molecule has 0 aromatic heterocycles. The lowest BCUT2D eigenvalue weighted by Crippen LogP contribution is -2.38. The first-order valence-corrected chi connectivity index (χ1v) is 15.7. The van der Waals surface area contributed by atoms with Crippen molar-refractivity contribution in [3.63, 3.8) is 0 Å². The topological polar surface area (TPSA) is 55.8 Å². The molecular formula is C35H33FINO4. The fourth-order valence-corrected chi connectivity index (χ4v) is 7.18. The summed E-state index contributed by atoms with van der Waals surface area (Å²) in [5.74, 6) is 0.688. The minimum absolute atomic E-state index is 0.119. The zero-order chi connectivity index (χ0) is 29.2. The summed E-state index contributed by atoms with van der Waals surface area (Å²) in [6, 6.07) is 20.5. The fourth-order valence-electron chi connectivity index (χ4n) is 6.40.